The number of carbonyl (C=O) groups is 1. The summed E-state index contributed by atoms with van der Waals surface area (Å²) in [5.41, 5.74) is 4.23. The number of nitrogens with one attached hydrogen (secondary N) is 1. The molecule has 2 aliphatic rings. The second-order valence-corrected chi connectivity index (χ2v) is 6.40. The number of piperidine rings is 1. The number of pyridine rings is 1. The third-order valence-electron chi connectivity index (χ3n) is 4.64. The fourth-order valence-electron chi connectivity index (χ4n) is 3.26. The molecule has 1 saturated heterocycles. The zero-order valence-electron chi connectivity index (χ0n) is 14.1. The highest BCUT2D eigenvalue weighted by Gasteiger charge is 2.30. The van der Waals surface area contributed by atoms with Crippen LogP contribution in [0.15, 0.2) is 60.8 Å². The lowest BCUT2D eigenvalue weighted by atomic mass is 9.95. The first-order valence-corrected chi connectivity index (χ1v) is 8.59. The fourth-order valence-corrected chi connectivity index (χ4v) is 3.26. The fraction of sp³-hybridized carbons (Fsp3) is 0.263. The van der Waals surface area contributed by atoms with E-state index in [1.54, 1.807) is 22.3 Å². The van der Waals surface area contributed by atoms with E-state index in [0.717, 1.165) is 24.3 Å². The molecule has 1 aromatic heterocycles. The lowest BCUT2D eigenvalue weighted by molar-refractivity contribution is 0.0578. The van der Waals surface area contributed by atoms with Crippen LogP contribution in [0.3, 0.4) is 0 Å². The van der Waals surface area contributed by atoms with E-state index in [4.69, 9.17) is 4.84 Å². The van der Waals surface area contributed by atoms with Gasteiger partial charge in [-0.25, -0.2) is 9.40 Å². The van der Waals surface area contributed by atoms with Crippen LogP contribution in [0.1, 0.15) is 23.2 Å². The summed E-state index contributed by atoms with van der Waals surface area (Å²) in [6.07, 6.45) is 7.19. The van der Waals surface area contributed by atoms with E-state index in [1.165, 1.54) is 24.3 Å². The Morgan fingerprint density at radius 3 is 2.88 bits per heavy atom. The van der Waals surface area contributed by atoms with Gasteiger partial charge in [-0.05, 0) is 49.2 Å². The van der Waals surface area contributed by atoms with Crippen molar-refractivity contribution in [3.05, 3.63) is 72.1 Å². The first-order valence-electron chi connectivity index (χ1n) is 8.59. The molecule has 1 fully saturated rings. The van der Waals surface area contributed by atoms with E-state index < -0.39 is 0 Å². The van der Waals surface area contributed by atoms with Crippen molar-refractivity contribution in [2.45, 2.75) is 12.8 Å². The zero-order chi connectivity index (χ0) is 17.9. The second-order valence-electron chi connectivity index (χ2n) is 6.40. The van der Waals surface area contributed by atoms with Crippen LogP contribution in [0.2, 0.25) is 0 Å². The number of hydrazine groups is 1. The van der Waals surface area contributed by atoms with Crippen molar-refractivity contribution in [3.63, 3.8) is 0 Å². The van der Waals surface area contributed by atoms with Gasteiger partial charge in [0.05, 0.1) is 18.1 Å². The maximum Gasteiger partial charge on any atom is 0.253 e. The van der Waals surface area contributed by atoms with Crippen LogP contribution in [-0.4, -0.2) is 28.9 Å². The molecule has 3 heterocycles. The molecule has 2 aliphatic heterocycles. The summed E-state index contributed by atoms with van der Waals surface area (Å²) in [4.78, 5) is 24.2. The average Bonchev–Trinajstić information content (AvgIpc) is 3.19. The third kappa shape index (κ3) is 3.39. The van der Waals surface area contributed by atoms with Crippen molar-refractivity contribution >= 4 is 11.6 Å². The van der Waals surface area contributed by atoms with Gasteiger partial charge in [0.2, 0.25) is 0 Å². The van der Waals surface area contributed by atoms with Crippen molar-refractivity contribution in [2.24, 2.45) is 5.92 Å². The highest BCUT2D eigenvalue weighted by molar-refractivity contribution is 5.94. The predicted molar refractivity (Wildman–Crippen MR) is 94.0 cm³/mol. The smallest absolute Gasteiger partial charge is 0.253 e. The molecule has 6 nitrogen and oxygen atoms in total. The van der Waals surface area contributed by atoms with Gasteiger partial charge in [-0.15, -0.1) is 0 Å². The Kier molecular flexibility index (Phi) is 4.53. The number of hydrogen-bond donors (Lipinski definition) is 1. The first kappa shape index (κ1) is 16.5. The minimum atomic E-state index is -0.343. The Bertz CT molecular complexity index is 810. The third-order valence-corrected chi connectivity index (χ3v) is 4.64. The molecule has 0 spiro atoms. The van der Waals surface area contributed by atoms with Gasteiger partial charge < -0.3 is 9.74 Å². The quantitative estimate of drug-likeness (QED) is 0.919. The lowest BCUT2D eigenvalue weighted by Crippen LogP contribution is -2.40. The molecule has 1 atom stereocenters. The highest BCUT2D eigenvalue weighted by Crippen LogP contribution is 2.28. The van der Waals surface area contributed by atoms with Gasteiger partial charge in [-0.2, -0.15) is 0 Å². The van der Waals surface area contributed by atoms with Crippen molar-refractivity contribution in [3.8, 4) is 0 Å². The molecule has 0 radical (unpaired) electrons. The van der Waals surface area contributed by atoms with Gasteiger partial charge >= 0.3 is 0 Å². The van der Waals surface area contributed by atoms with E-state index in [-0.39, 0.29) is 17.6 Å². The number of amides is 1. The molecule has 1 aromatic carbocycles. The van der Waals surface area contributed by atoms with Crippen molar-refractivity contribution in [2.75, 3.05) is 18.1 Å². The minimum Gasteiger partial charge on any atom is -0.391 e. The van der Waals surface area contributed by atoms with E-state index >= 15 is 0 Å². The van der Waals surface area contributed by atoms with Gasteiger partial charge in [0.1, 0.15) is 11.6 Å². The molecule has 7 heteroatoms. The van der Waals surface area contributed by atoms with Gasteiger partial charge in [-0.1, -0.05) is 5.59 Å². The summed E-state index contributed by atoms with van der Waals surface area (Å²) in [7, 11) is 0. The molecule has 134 valence electrons. The van der Waals surface area contributed by atoms with Gasteiger partial charge in [0.25, 0.3) is 5.91 Å². The molecule has 0 unspecified atom stereocenters. The average molecular weight is 354 g/mol. The highest BCUT2D eigenvalue weighted by atomic mass is 19.1. The van der Waals surface area contributed by atoms with Gasteiger partial charge in [0, 0.05) is 30.8 Å². The van der Waals surface area contributed by atoms with Crippen LogP contribution in [-0.2, 0) is 4.84 Å². The van der Waals surface area contributed by atoms with E-state index in [2.05, 4.69) is 10.6 Å². The molecular formula is C19H19FN4O2. The molecule has 1 amide bonds. The standard InChI is InChI=1S/C19H19FN4O2/c20-16-7-5-14(6-8-16)19(25)23-10-2-3-15(12-23)18-13-24(22-26-18)17-4-1-9-21-11-17/h1,4-9,11,13,15,22H,2-3,10,12H2/t15-/m0/s1. The Hall–Kier alpha value is -2.93. The second kappa shape index (κ2) is 7.13. The van der Waals surface area contributed by atoms with Crippen LogP contribution in [0.4, 0.5) is 10.1 Å². The molecule has 4 rings (SSSR count). The number of carbonyl (C=O) groups excluding carboxylic acids is 1. The van der Waals surface area contributed by atoms with Gasteiger partial charge in [0.15, 0.2) is 0 Å². The SMILES string of the molecule is O=C(c1ccc(F)cc1)N1CCC[C@H](C2=CN(c3cccnc3)NO2)C1. The Balaban J connectivity index is 1.45. The number of halogens is 1. The topological polar surface area (TPSA) is 57.7 Å². The van der Waals surface area contributed by atoms with Crippen LogP contribution >= 0.6 is 0 Å². The first-order chi connectivity index (χ1) is 12.7. The molecule has 26 heavy (non-hydrogen) atoms. The Morgan fingerprint density at radius 1 is 1.27 bits per heavy atom. The number of nitrogens with zero attached hydrogens (tertiary/aromatic N) is 3. The summed E-state index contributed by atoms with van der Waals surface area (Å²) in [6, 6.07) is 9.46. The molecule has 0 aliphatic carbocycles. The summed E-state index contributed by atoms with van der Waals surface area (Å²) in [5, 5.41) is 1.77. The maximum atomic E-state index is 13.1. The summed E-state index contributed by atoms with van der Waals surface area (Å²) >= 11 is 0. The van der Waals surface area contributed by atoms with E-state index in [1.807, 2.05) is 18.3 Å². The van der Waals surface area contributed by atoms with Crippen LogP contribution in [0.25, 0.3) is 0 Å². The summed E-state index contributed by atoms with van der Waals surface area (Å²) < 4.78 is 13.1. The summed E-state index contributed by atoms with van der Waals surface area (Å²) in [5.74, 6) is 0.488. The number of likely N-dealkylation sites (tertiary alicyclic amines) is 1. The van der Waals surface area contributed by atoms with Crippen molar-refractivity contribution < 1.29 is 14.0 Å². The number of benzene rings is 1. The summed E-state index contributed by atoms with van der Waals surface area (Å²) in [6.45, 7) is 1.27. The monoisotopic (exact) mass is 354 g/mol. The van der Waals surface area contributed by atoms with Crippen molar-refractivity contribution in [1.82, 2.24) is 15.5 Å². The van der Waals surface area contributed by atoms with Gasteiger partial charge in [-0.3, -0.25) is 9.78 Å². The van der Waals surface area contributed by atoms with Crippen LogP contribution < -0.4 is 10.6 Å². The van der Waals surface area contributed by atoms with Crippen LogP contribution in [0, 0.1) is 11.7 Å². The number of rotatable bonds is 3. The number of anilines is 1. The Labute approximate surface area is 150 Å². The minimum absolute atomic E-state index is 0.0784. The molecule has 1 N–H and O–H groups in total. The number of aromatic nitrogens is 1. The van der Waals surface area contributed by atoms with E-state index in [0.29, 0.717) is 18.7 Å². The molecule has 2 aromatic rings. The molecule has 0 bridgehead atoms. The number of hydrogen-bond acceptors (Lipinski definition) is 5. The van der Waals surface area contributed by atoms with E-state index in [9.17, 15) is 9.18 Å². The zero-order valence-corrected chi connectivity index (χ0v) is 14.1. The van der Waals surface area contributed by atoms with Crippen molar-refractivity contribution in [1.29, 1.82) is 0 Å². The Morgan fingerprint density at radius 2 is 2.12 bits per heavy atom. The molecule has 0 saturated carbocycles. The lowest BCUT2D eigenvalue weighted by Gasteiger charge is -2.32. The maximum absolute atomic E-state index is 13.1. The predicted octanol–water partition coefficient (Wildman–Crippen LogP) is 2.87. The van der Waals surface area contributed by atoms with Crippen LogP contribution in [0.5, 0.6) is 0 Å². The molecular weight excluding hydrogens is 335 g/mol. The largest absolute Gasteiger partial charge is 0.391 e. The normalized spacial score (nSPS) is 19.9.